The fourth-order valence-electron chi connectivity index (χ4n) is 3.15. The maximum atomic E-state index is 12.5. The highest BCUT2D eigenvalue weighted by atomic mass is 16.5. The molecule has 1 aliphatic rings. The van der Waals surface area contributed by atoms with Crippen LogP contribution in [0.5, 0.6) is 17.2 Å². The zero-order valence-electron chi connectivity index (χ0n) is 15.5. The molecule has 6 heteroatoms. The molecular formula is C20H24N2O4. The van der Waals surface area contributed by atoms with Crippen molar-refractivity contribution in [2.45, 2.75) is 31.9 Å². The van der Waals surface area contributed by atoms with E-state index in [9.17, 15) is 4.79 Å². The molecule has 2 amide bonds. The molecule has 1 aliphatic heterocycles. The van der Waals surface area contributed by atoms with Crippen molar-refractivity contribution in [3.63, 3.8) is 0 Å². The van der Waals surface area contributed by atoms with Gasteiger partial charge in [0.1, 0.15) is 22.8 Å². The third-order valence-corrected chi connectivity index (χ3v) is 4.34. The van der Waals surface area contributed by atoms with Crippen LogP contribution < -0.4 is 24.8 Å². The summed E-state index contributed by atoms with van der Waals surface area (Å²) in [6.07, 6.45) is 0.658. The minimum absolute atomic E-state index is 0.172. The predicted molar refractivity (Wildman–Crippen MR) is 100 cm³/mol. The number of amides is 2. The van der Waals surface area contributed by atoms with E-state index >= 15 is 0 Å². The number of benzene rings is 2. The van der Waals surface area contributed by atoms with Crippen molar-refractivity contribution >= 4 is 11.7 Å². The van der Waals surface area contributed by atoms with Gasteiger partial charge in [-0.3, -0.25) is 0 Å². The highest BCUT2D eigenvalue weighted by Crippen LogP contribution is 2.41. The van der Waals surface area contributed by atoms with E-state index in [1.54, 1.807) is 26.4 Å². The van der Waals surface area contributed by atoms with Gasteiger partial charge in [0.2, 0.25) is 0 Å². The van der Waals surface area contributed by atoms with Gasteiger partial charge >= 0.3 is 6.03 Å². The zero-order valence-corrected chi connectivity index (χ0v) is 15.5. The molecule has 2 aromatic rings. The molecule has 0 aliphatic carbocycles. The molecule has 0 aromatic heterocycles. The van der Waals surface area contributed by atoms with Crippen LogP contribution in [0, 0.1) is 0 Å². The summed E-state index contributed by atoms with van der Waals surface area (Å²) in [6.45, 7) is 4.00. The van der Waals surface area contributed by atoms with E-state index in [2.05, 4.69) is 10.6 Å². The van der Waals surface area contributed by atoms with Crippen LogP contribution in [0.2, 0.25) is 0 Å². The Balaban J connectivity index is 1.80. The van der Waals surface area contributed by atoms with Gasteiger partial charge in [-0.15, -0.1) is 0 Å². The Hall–Kier alpha value is -2.89. The van der Waals surface area contributed by atoms with Crippen LogP contribution in [-0.2, 0) is 0 Å². The Kier molecular flexibility index (Phi) is 4.93. The summed E-state index contributed by atoms with van der Waals surface area (Å²) in [5, 5.41) is 5.89. The van der Waals surface area contributed by atoms with E-state index in [1.165, 1.54) is 0 Å². The molecule has 6 nitrogen and oxygen atoms in total. The Labute approximate surface area is 153 Å². The van der Waals surface area contributed by atoms with Gasteiger partial charge in [0.15, 0.2) is 0 Å². The molecule has 0 saturated heterocycles. The third kappa shape index (κ3) is 3.85. The van der Waals surface area contributed by atoms with Crippen molar-refractivity contribution < 1.29 is 19.0 Å². The number of ether oxygens (including phenoxy) is 3. The van der Waals surface area contributed by atoms with Crippen LogP contribution in [0.4, 0.5) is 10.5 Å². The monoisotopic (exact) mass is 356 g/mol. The van der Waals surface area contributed by atoms with Gasteiger partial charge < -0.3 is 24.8 Å². The number of para-hydroxylation sites is 2. The Morgan fingerprint density at radius 2 is 1.92 bits per heavy atom. The normalized spacial score (nSPS) is 17.5. The second kappa shape index (κ2) is 7.15. The van der Waals surface area contributed by atoms with Crippen molar-refractivity contribution in [3.05, 3.63) is 48.0 Å². The van der Waals surface area contributed by atoms with Gasteiger partial charge in [0.25, 0.3) is 0 Å². The Bertz CT molecular complexity index is 804. The summed E-state index contributed by atoms with van der Waals surface area (Å²) in [5.74, 6) is 2.06. The molecule has 1 heterocycles. The number of nitrogens with one attached hydrogen (secondary N) is 2. The molecule has 1 atom stereocenters. The minimum Gasteiger partial charge on any atom is -0.497 e. The summed E-state index contributed by atoms with van der Waals surface area (Å²) in [4.78, 5) is 12.5. The molecule has 138 valence electrons. The van der Waals surface area contributed by atoms with E-state index in [4.69, 9.17) is 14.2 Å². The first-order valence-electron chi connectivity index (χ1n) is 8.49. The second-order valence-electron chi connectivity index (χ2n) is 6.82. The number of carbonyl (C=O) groups is 1. The van der Waals surface area contributed by atoms with Crippen molar-refractivity contribution in [2.24, 2.45) is 0 Å². The highest BCUT2D eigenvalue weighted by molar-refractivity contribution is 5.91. The van der Waals surface area contributed by atoms with Crippen molar-refractivity contribution in [3.8, 4) is 17.2 Å². The van der Waals surface area contributed by atoms with E-state index in [0.29, 0.717) is 17.9 Å². The standard InChI is InChI=1S/C20H24N2O4/c1-20(2)12-16(14-10-9-13(24-3)11-18(14)26-20)22-19(23)21-15-7-5-6-8-17(15)25-4/h5-11,16H,12H2,1-4H3,(H2,21,22,23)/t16-/m0/s1. The Morgan fingerprint density at radius 3 is 2.65 bits per heavy atom. The summed E-state index contributed by atoms with van der Waals surface area (Å²) < 4.78 is 16.6. The van der Waals surface area contributed by atoms with Gasteiger partial charge in [0, 0.05) is 18.1 Å². The average molecular weight is 356 g/mol. The zero-order chi connectivity index (χ0) is 18.7. The molecule has 0 saturated carbocycles. The number of anilines is 1. The lowest BCUT2D eigenvalue weighted by Crippen LogP contribution is -2.42. The molecule has 0 bridgehead atoms. The molecule has 0 unspecified atom stereocenters. The van der Waals surface area contributed by atoms with Crippen molar-refractivity contribution in [2.75, 3.05) is 19.5 Å². The largest absolute Gasteiger partial charge is 0.497 e. The molecule has 0 radical (unpaired) electrons. The van der Waals surface area contributed by atoms with E-state index in [1.807, 2.05) is 44.2 Å². The van der Waals surface area contributed by atoms with E-state index in [0.717, 1.165) is 17.1 Å². The van der Waals surface area contributed by atoms with Gasteiger partial charge in [-0.25, -0.2) is 4.79 Å². The summed E-state index contributed by atoms with van der Waals surface area (Å²) in [6, 6.07) is 12.5. The smallest absolute Gasteiger partial charge is 0.319 e. The quantitative estimate of drug-likeness (QED) is 0.864. The Morgan fingerprint density at radius 1 is 1.15 bits per heavy atom. The SMILES string of the molecule is COc1ccc2c(c1)OC(C)(C)C[C@@H]2NC(=O)Nc1ccccc1OC. The van der Waals surface area contributed by atoms with Gasteiger partial charge in [0.05, 0.1) is 25.9 Å². The first-order valence-corrected chi connectivity index (χ1v) is 8.49. The second-order valence-corrected chi connectivity index (χ2v) is 6.82. The van der Waals surface area contributed by atoms with Gasteiger partial charge in [-0.05, 0) is 38.1 Å². The van der Waals surface area contributed by atoms with E-state index in [-0.39, 0.29) is 12.1 Å². The lowest BCUT2D eigenvalue weighted by atomic mass is 9.89. The highest BCUT2D eigenvalue weighted by Gasteiger charge is 2.34. The van der Waals surface area contributed by atoms with Crippen molar-refractivity contribution in [1.82, 2.24) is 5.32 Å². The van der Waals surface area contributed by atoms with E-state index < -0.39 is 5.60 Å². The van der Waals surface area contributed by atoms with Crippen LogP contribution in [0.1, 0.15) is 31.9 Å². The number of hydrogen-bond acceptors (Lipinski definition) is 4. The maximum Gasteiger partial charge on any atom is 0.319 e. The fourth-order valence-corrected chi connectivity index (χ4v) is 3.15. The number of carbonyl (C=O) groups excluding carboxylic acids is 1. The van der Waals surface area contributed by atoms with Crippen LogP contribution in [0.15, 0.2) is 42.5 Å². The van der Waals surface area contributed by atoms with Crippen LogP contribution in [0.25, 0.3) is 0 Å². The molecule has 26 heavy (non-hydrogen) atoms. The van der Waals surface area contributed by atoms with Gasteiger partial charge in [-0.1, -0.05) is 12.1 Å². The number of rotatable bonds is 4. The van der Waals surface area contributed by atoms with Crippen LogP contribution >= 0.6 is 0 Å². The molecule has 0 fully saturated rings. The lowest BCUT2D eigenvalue weighted by molar-refractivity contribution is 0.0679. The van der Waals surface area contributed by atoms with Crippen LogP contribution in [0.3, 0.4) is 0 Å². The lowest BCUT2D eigenvalue weighted by Gasteiger charge is -2.38. The number of urea groups is 1. The summed E-state index contributed by atoms with van der Waals surface area (Å²) in [5.41, 5.74) is 1.15. The molecule has 0 spiro atoms. The fraction of sp³-hybridized carbons (Fsp3) is 0.350. The van der Waals surface area contributed by atoms with Crippen molar-refractivity contribution in [1.29, 1.82) is 0 Å². The maximum absolute atomic E-state index is 12.5. The third-order valence-electron chi connectivity index (χ3n) is 4.34. The number of hydrogen-bond donors (Lipinski definition) is 2. The molecule has 3 rings (SSSR count). The molecular weight excluding hydrogens is 332 g/mol. The molecule has 2 aromatic carbocycles. The van der Waals surface area contributed by atoms with Crippen LogP contribution in [-0.4, -0.2) is 25.9 Å². The van der Waals surface area contributed by atoms with Gasteiger partial charge in [-0.2, -0.15) is 0 Å². The summed E-state index contributed by atoms with van der Waals surface area (Å²) in [7, 11) is 3.19. The topological polar surface area (TPSA) is 68.8 Å². The number of methoxy groups -OCH3 is 2. The predicted octanol–water partition coefficient (Wildman–Crippen LogP) is 4.13. The average Bonchev–Trinajstić information content (AvgIpc) is 2.60. The first kappa shape index (κ1) is 17.9. The number of fused-ring (bicyclic) bond motifs is 1. The summed E-state index contributed by atoms with van der Waals surface area (Å²) >= 11 is 0. The first-order chi connectivity index (χ1) is 12.4. The minimum atomic E-state index is -0.401. The molecule has 2 N–H and O–H groups in total.